The van der Waals surface area contributed by atoms with E-state index in [1.54, 1.807) is 6.20 Å². The van der Waals surface area contributed by atoms with E-state index in [9.17, 15) is 0 Å². The van der Waals surface area contributed by atoms with E-state index in [1.807, 2.05) is 24.3 Å². The van der Waals surface area contributed by atoms with Crippen LogP contribution in [0.5, 0.6) is 5.75 Å². The van der Waals surface area contributed by atoms with Gasteiger partial charge in [0.1, 0.15) is 12.4 Å². The second-order valence-electron chi connectivity index (χ2n) is 3.35. The van der Waals surface area contributed by atoms with E-state index in [2.05, 4.69) is 11.1 Å². The van der Waals surface area contributed by atoms with Gasteiger partial charge in [0.15, 0.2) is 4.47 Å². The van der Waals surface area contributed by atoms with Gasteiger partial charge in [0.25, 0.3) is 0 Å². The number of aromatic nitrogens is 1. The number of nitrogens with zero attached hydrogens (tertiary/aromatic N) is 2. The molecule has 0 unspecified atom stereocenters. The first-order valence-corrected chi connectivity index (χ1v) is 6.16. The fourth-order valence-corrected chi connectivity index (χ4v) is 2.19. The maximum atomic E-state index is 8.54. The molecular weight excluding hydrogens is 256 g/mol. The van der Waals surface area contributed by atoms with E-state index in [1.165, 1.54) is 11.3 Å². The third-order valence-corrected chi connectivity index (χ3v) is 3.20. The Labute approximate surface area is 108 Å². The highest BCUT2D eigenvalue weighted by Gasteiger charge is 2.01. The first kappa shape index (κ1) is 11.9. The van der Waals surface area contributed by atoms with Crippen molar-refractivity contribution in [2.24, 2.45) is 0 Å². The SMILES string of the molecule is N#CCc1ccc(OCc2cnc(Cl)s2)cc1. The predicted octanol–water partition coefficient (Wildman–Crippen LogP) is 3.44. The average molecular weight is 265 g/mol. The Morgan fingerprint density at radius 2 is 2.12 bits per heavy atom. The molecule has 0 aliphatic carbocycles. The number of nitriles is 1. The molecule has 0 radical (unpaired) electrons. The van der Waals surface area contributed by atoms with Gasteiger partial charge in [0.2, 0.25) is 0 Å². The van der Waals surface area contributed by atoms with Crippen LogP contribution in [0, 0.1) is 11.3 Å². The minimum Gasteiger partial charge on any atom is -0.488 e. The summed E-state index contributed by atoms with van der Waals surface area (Å²) in [6.45, 7) is 0.460. The zero-order valence-electron chi connectivity index (χ0n) is 8.89. The largest absolute Gasteiger partial charge is 0.488 e. The van der Waals surface area contributed by atoms with Crippen LogP contribution in [-0.2, 0) is 13.0 Å². The lowest BCUT2D eigenvalue weighted by atomic mass is 10.2. The molecule has 17 heavy (non-hydrogen) atoms. The van der Waals surface area contributed by atoms with Crippen molar-refractivity contribution < 1.29 is 4.74 Å². The van der Waals surface area contributed by atoms with Crippen molar-refractivity contribution in [1.82, 2.24) is 4.98 Å². The summed E-state index contributed by atoms with van der Waals surface area (Å²) in [7, 11) is 0. The number of ether oxygens (including phenoxy) is 1. The second kappa shape index (κ2) is 5.67. The summed E-state index contributed by atoms with van der Waals surface area (Å²) in [5, 5.41) is 8.54. The van der Waals surface area contributed by atoms with Gasteiger partial charge >= 0.3 is 0 Å². The van der Waals surface area contributed by atoms with Crippen LogP contribution in [0.25, 0.3) is 0 Å². The normalized spacial score (nSPS) is 9.88. The van der Waals surface area contributed by atoms with Crippen LogP contribution in [0.15, 0.2) is 30.5 Å². The lowest BCUT2D eigenvalue weighted by Crippen LogP contribution is -1.93. The lowest BCUT2D eigenvalue weighted by molar-refractivity contribution is 0.309. The summed E-state index contributed by atoms with van der Waals surface area (Å²) in [6, 6.07) is 9.59. The maximum Gasteiger partial charge on any atom is 0.183 e. The first-order valence-electron chi connectivity index (χ1n) is 4.97. The van der Waals surface area contributed by atoms with Gasteiger partial charge in [0, 0.05) is 6.20 Å². The van der Waals surface area contributed by atoms with Gasteiger partial charge in [-0.3, -0.25) is 0 Å². The lowest BCUT2D eigenvalue weighted by Gasteiger charge is -2.04. The number of halogens is 1. The van der Waals surface area contributed by atoms with Crippen molar-refractivity contribution in [3.05, 3.63) is 45.4 Å². The summed E-state index contributed by atoms with van der Waals surface area (Å²) in [4.78, 5) is 4.92. The van der Waals surface area contributed by atoms with Crippen LogP contribution in [0.1, 0.15) is 10.4 Å². The van der Waals surface area contributed by atoms with Gasteiger partial charge in [-0.2, -0.15) is 5.26 Å². The minimum absolute atomic E-state index is 0.421. The molecule has 5 heteroatoms. The number of hydrogen-bond acceptors (Lipinski definition) is 4. The van der Waals surface area contributed by atoms with Gasteiger partial charge in [-0.15, -0.1) is 11.3 Å². The minimum atomic E-state index is 0.421. The summed E-state index contributed by atoms with van der Waals surface area (Å²) >= 11 is 7.12. The van der Waals surface area contributed by atoms with Gasteiger partial charge in [-0.05, 0) is 17.7 Å². The monoisotopic (exact) mass is 264 g/mol. The van der Waals surface area contributed by atoms with E-state index >= 15 is 0 Å². The van der Waals surface area contributed by atoms with E-state index in [4.69, 9.17) is 21.6 Å². The van der Waals surface area contributed by atoms with E-state index in [-0.39, 0.29) is 0 Å². The molecule has 0 N–H and O–H groups in total. The quantitative estimate of drug-likeness (QED) is 0.850. The maximum absolute atomic E-state index is 8.54. The standard InChI is InChI=1S/C12H9ClN2OS/c13-12-15-7-11(17-12)8-16-10-3-1-9(2-4-10)5-6-14/h1-4,7H,5,8H2. The highest BCUT2D eigenvalue weighted by Crippen LogP contribution is 2.20. The Balaban J connectivity index is 1.93. The molecule has 0 saturated carbocycles. The fourth-order valence-electron chi connectivity index (χ4n) is 1.30. The third kappa shape index (κ3) is 3.45. The fraction of sp³-hybridized carbons (Fsp3) is 0.167. The van der Waals surface area contributed by atoms with Crippen molar-refractivity contribution >= 4 is 22.9 Å². The van der Waals surface area contributed by atoms with Crippen LogP contribution in [-0.4, -0.2) is 4.98 Å². The highest BCUT2D eigenvalue weighted by atomic mass is 35.5. The molecule has 1 aromatic carbocycles. The van der Waals surface area contributed by atoms with Gasteiger partial charge in [-0.1, -0.05) is 23.7 Å². The Bertz CT molecular complexity index is 530. The molecule has 0 saturated heterocycles. The molecule has 0 atom stereocenters. The van der Waals surface area contributed by atoms with Crippen molar-refractivity contribution in [1.29, 1.82) is 5.26 Å². The molecule has 3 nitrogen and oxygen atoms in total. The molecule has 0 aliphatic rings. The van der Waals surface area contributed by atoms with Crippen LogP contribution in [0.4, 0.5) is 0 Å². The molecule has 0 spiro atoms. The Morgan fingerprint density at radius 3 is 2.71 bits per heavy atom. The van der Waals surface area contributed by atoms with Crippen molar-refractivity contribution in [2.75, 3.05) is 0 Å². The molecule has 1 aromatic heterocycles. The molecule has 0 bridgehead atoms. The van der Waals surface area contributed by atoms with E-state index in [0.717, 1.165) is 16.2 Å². The number of rotatable bonds is 4. The Hall–Kier alpha value is -1.57. The van der Waals surface area contributed by atoms with Crippen LogP contribution in [0.3, 0.4) is 0 Å². The van der Waals surface area contributed by atoms with Gasteiger partial charge in [-0.25, -0.2) is 4.98 Å². The van der Waals surface area contributed by atoms with Crippen molar-refractivity contribution in [3.63, 3.8) is 0 Å². The molecule has 1 heterocycles. The molecule has 0 aliphatic heterocycles. The van der Waals surface area contributed by atoms with Crippen LogP contribution >= 0.6 is 22.9 Å². The second-order valence-corrected chi connectivity index (χ2v) is 5.04. The molecule has 0 fully saturated rings. The summed E-state index contributed by atoms with van der Waals surface area (Å²) in [5.41, 5.74) is 0.987. The number of hydrogen-bond donors (Lipinski definition) is 0. The molecular formula is C12H9ClN2OS. The van der Waals surface area contributed by atoms with Crippen molar-refractivity contribution in [3.8, 4) is 11.8 Å². The molecule has 86 valence electrons. The Morgan fingerprint density at radius 1 is 1.35 bits per heavy atom. The number of benzene rings is 1. The van der Waals surface area contributed by atoms with Gasteiger partial charge in [0.05, 0.1) is 17.4 Å². The summed E-state index contributed by atoms with van der Waals surface area (Å²) in [5.74, 6) is 0.774. The molecule has 2 aromatic rings. The molecule has 2 rings (SSSR count). The zero-order valence-corrected chi connectivity index (χ0v) is 10.5. The Kier molecular flexibility index (Phi) is 3.97. The average Bonchev–Trinajstić information content (AvgIpc) is 2.75. The van der Waals surface area contributed by atoms with Crippen molar-refractivity contribution in [2.45, 2.75) is 13.0 Å². The predicted molar refractivity (Wildman–Crippen MR) is 67.2 cm³/mol. The van der Waals surface area contributed by atoms with E-state index in [0.29, 0.717) is 17.5 Å². The first-order chi connectivity index (χ1) is 8.28. The zero-order chi connectivity index (χ0) is 12.1. The highest BCUT2D eigenvalue weighted by molar-refractivity contribution is 7.15. The van der Waals surface area contributed by atoms with Crippen LogP contribution in [0.2, 0.25) is 4.47 Å². The van der Waals surface area contributed by atoms with E-state index < -0.39 is 0 Å². The van der Waals surface area contributed by atoms with Gasteiger partial charge < -0.3 is 4.74 Å². The summed E-state index contributed by atoms with van der Waals surface area (Å²) in [6.07, 6.45) is 2.13. The summed E-state index contributed by atoms with van der Waals surface area (Å²) < 4.78 is 6.09. The third-order valence-electron chi connectivity index (χ3n) is 2.11. The smallest absolute Gasteiger partial charge is 0.183 e. The topological polar surface area (TPSA) is 45.9 Å². The number of thiazole rings is 1. The van der Waals surface area contributed by atoms with Crippen LogP contribution < -0.4 is 4.74 Å². The molecule has 0 amide bonds.